The smallest absolute Gasteiger partial charge is 0.322 e. The normalized spacial score (nSPS) is 18.3. The summed E-state index contributed by atoms with van der Waals surface area (Å²) >= 11 is 0. The van der Waals surface area contributed by atoms with Crippen LogP contribution in [0.15, 0.2) is 93.6 Å². The minimum atomic E-state index is -0.906. The highest BCUT2D eigenvalue weighted by Crippen LogP contribution is 2.26. The molecule has 1 aliphatic heterocycles. The van der Waals surface area contributed by atoms with E-state index in [1.807, 2.05) is 66.7 Å². The summed E-state index contributed by atoms with van der Waals surface area (Å²) < 4.78 is 5.32. The van der Waals surface area contributed by atoms with Gasteiger partial charge in [-0.15, -0.1) is 0 Å². The number of carbonyl (C=O) groups excluding carboxylic acids is 1. The van der Waals surface area contributed by atoms with Crippen LogP contribution in [0.5, 0.6) is 0 Å². The van der Waals surface area contributed by atoms with Crippen molar-refractivity contribution < 1.29 is 9.32 Å². The molecule has 2 aromatic carbocycles. The summed E-state index contributed by atoms with van der Waals surface area (Å²) in [6.07, 6.45) is 5.03. The predicted octanol–water partition coefficient (Wildman–Crippen LogP) is 3.70. The van der Waals surface area contributed by atoms with Crippen molar-refractivity contribution in [3.8, 4) is 11.4 Å². The van der Waals surface area contributed by atoms with Crippen LogP contribution in [0.4, 0.5) is 6.01 Å². The van der Waals surface area contributed by atoms with Crippen molar-refractivity contribution in [3.63, 3.8) is 0 Å². The third-order valence-electron chi connectivity index (χ3n) is 4.94. The molecule has 0 saturated heterocycles. The van der Waals surface area contributed by atoms with Crippen molar-refractivity contribution >= 4 is 17.6 Å². The quantitative estimate of drug-likeness (QED) is 0.700. The highest BCUT2D eigenvalue weighted by atomic mass is 16.5. The number of anilines is 1. The molecule has 1 aromatic heterocycles. The van der Waals surface area contributed by atoms with E-state index in [0.717, 1.165) is 41.0 Å². The molecule has 0 radical (unpaired) electrons. The highest BCUT2D eigenvalue weighted by Gasteiger charge is 2.29. The van der Waals surface area contributed by atoms with E-state index >= 15 is 0 Å². The number of hydrogen-bond donors (Lipinski definition) is 2. The Morgan fingerprint density at radius 2 is 1.63 bits per heavy atom. The Balaban J connectivity index is 1.50. The van der Waals surface area contributed by atoms with Gasteiger partial charge in [-0.25, -0.2) is 4.99 Å². The Hall–Kier alpha value is -4.00. The molecule has 30 heavy (non-hydrogen) atoms. The second kappa shape index (κ2) is 7.79. The molecule has 2 heterocycles. The molecule has 1 unspecified atom stereocenters. The lowest BCUT2D eigenvalue weighted by atomic mass is 9.95. The molecule has 5 rings (SSSR count). The van der Waals surface area contributed by atoms with E-state index in [2.05, 4.69) is 26.9 Å². The lowest BCUT2D eigenvalue weighted by Crippen LogP contribution is -2.36. The number of fused-ring (bicyclic) bond motifs is 1. The first-order valence-electron chi connectivity index (χ1n) is 9.79. The summed E-state index contributed by atoms with van der Waals surface area (Å²) in [5.74, 6) is 0.165. The van der Waals surface area contributed by atoms with E-state index in [1.165, 1.54) is 0 Å². The van der Waals surface area contributed by atoms with Crippen molar-refractivity contribution in [2.45, 2.75) is 19.0 Å². The van der Waals surface area contributed by atoms with Gasteiger partial charge in [-0.2, -0.15) is 4.98 Å². The molecule has 2 N–H and O–H groups in total. The van der Waals surface area contributed by atoms with E-state index in [4.69, 9.17) is 9.52 Å². The summed E-state index contributed by atoms with van der Waals surface area (Å²) in [7, 11) is 0. The van der Waals surface area contributed by atoms with E-state index in [9.17, 15) is 4.79 Å². The van der Waals surface area contributed by atoms with Crippen LogP contribution in [-0.2, 0) is 4.79 Å². The SMILES string of the molecule is O=C1NC2=CCCC=C2C(c2ccccc2)=NC1Nc1nc(-c2ccccc2)no1. The second-order valence-corrected chi connectivity index (χ2v) is 6.98. The first-order valence-corrected chi connectivity index (χ1v) is 9.79. The molecule has 1 amide bonds. The first kappa shape index (κ1) is 18.1. The van der Waals surface area contributed by atoms with E-state index in [1.54, 1.807) is 0 Å². The molecule has 3 aromatic rings. The van der Waals surface area contributed by atoms with Crippen LogP contribution in [0.25, 0.3) is 11.4 Å². The van der Waals surface area contributed by atoms with Gasteiger partial charge in [0.05, 0.1) is 5.71 Å². The zero-order chi connectivity index (χ0) is 20.3. The molecule has 2 aliphatic rings. The molecular weight excluding hydrogens is 378 g/mol. The Bertz CT molecular complexity index is 1160. The van der Waals surface area contributed by atoms with Crippen LogP contribution in [0, 0.1) is 0 Å². The van der Waals surface area contributed by atoms with Crippen LogP contribution in [0.3, 0.4) is 0 Å². The minimum Gasteiger partial charge on any atom is -0.322 e. The molecular formula is C23H19N5O2. The van der Waals surface area contributed by atoms with Gasteiger partial charge in [0.15, 0.2) is 0 Å². The number of amides is 1. The maximum atomic E-state index is 12.9. The number of nitrogens with zero attached hydrogens (tertiary/aromatic N) is 3. The summed E-state index contributed by atoms with van der Waals surface area (Å²) in [6, 6.07) is 19.5. The number of benzene rings is 2. The molecule has 7 heteroatoms. The van der Waals surface area contributed by atoms with Gasteiger partial charge < -0.3 is 15.2 Å². The van der Waals surface area contributed by atoms with E-state index in [0.29, 0.717) is 5.82 Å². The zero-order valence-electron chi connectivity index (χ0n) is 16.1. The minimum absolute atomic E-state index is 0.137. The van der Waals surface area contributed by atoms with Gasteiger partial charge in [0.25, 0.3) is 5.91 Å². The van der Waals surface area contributed by atoms with Crippen molar-refractivity contribution in [1.29, 1.82) is 0 Å². The Morgan fingerprint density at radius 1 is 0.933 bits per heavy atom. The maximum Gasteiger partial charge on any atom is 0.323 e. The fourth-order valence-electron chi connectivity index (χ4n) is 3.50. The number of nitrogens with one attached hydrogen (secondary N) is 2. The third-order valence-corrected chi connectivity index (χ3v) is 4.94. The van der Waals surface area contributed by atoms with E-state index < -0.39 is 6.17 Å². The lowest BCUT2D eigenvalue weighted by Gasteiger charge is -2.16. The number of aromatic nitrogens is 2. The molecule has 148 valence electrons. The monoisotopic (exact) mass is 397 g/mol. The van der Waals surface area contributed by atoms with Crippen LogP contribution < -0.4 is 10.6 Å². The average molecular weight is 397 g/mol. The predicted molar refractivity (Wildman–Crippen MR) is 114 cm³/mol. The van der Waals surface area contributed by atoms with Gasteiger partial charge in [-0.3, -0.25) is 4.79 Å². The number of rotatable bonds is 4. The third kappa shape index (κ3) is 3.53. The number of carbonyl (C=O) groups is 1. The molecule has 0 fully saturated rings. The fraction of sp³-hybridized carbons (Fsp3) is 0.130. The standard InChI is InChI=1S/C23H19N5O2/c29-22-21(27-23-26-20(28-30-23)16-11-5-2-6-12-16)25-19(15-9-3-1-4-10-15)17-13-7-8-14-18(17)24-22/h1-6,9-14,21H,7-8H2,(H,24,29)(H,26,27,28). The molecule has 0 bridgehead atoms. The van der Waals surface area contributed by atoms with E-state index in [-0.39, 0.29) is 11.9 Å². The maximum absolute atomic E-state index is 12.9. The average Bonchev–Trinajstić information content (AvgIpc) is 3.21. The Labute approximate surface area is 173 Å². The van der Waals surface area contributed by atoms with Crippen molar-refractivity contribution in [3.05, 3.63) is 89.6 Å². The summed E-state index contributed by atoms with van der Waals surface area (Å²) in [5, 5.41) is 9.95. The van der Waals surface area contributed by atoms with Crippen molar-refractivity contribution in [2.75, 3.05) is 5.32 Å². The Kier molecular flexibility index (Phi) is 4.69. The molecule has 1 atom stereocenters. The summed E-state index contributed by atoms with van der Waals surface area (Å²) in [5.41, 5.74) is 4.24. The largest absolute Gasteiger partial charge is 0.323 e. The fourth-order valence-corrected chi connectivity index (χ4v) is 3.50. The molecule has 7 nitrogen and oxygen atoms in total. The lowest BCUT2D eigenvalue weighted by molar-refractivity contribution is -0.120. The number of hydrogen-bond acceptors (Lipinski definition) is 6. The first-order chi connectivity index (χ1) is 14.8. The van der Waals surface area contributed by atoms with Crippen LogP contribution in [-0.4, -0.2) is 27.9 Å². The van der Waals surface area contributed by atoms with Crippen molar-refractivity contribution in [2.24, 2.45) is 4.99 Å². The Morgan fingerprint density at radius 3 is 2.40 bits per heavy atom. The topological polar surface area (TPSA) is 92.4 Å². The second-order valence-electron chi connectivity index (χ2n) is 6.98. The van der Waals surface area contributed by atoms with Gasteiger partial charge >= 0.3 is 6.01 Å². The van der Waals surface area contributed by atoms with Crippen LogP contribution in [0.1, 0.15) is 18.4 Å². The van der Waals surface area contributed by atoms with Gasteiger partial charge in [0, 0.05) is 22.4 Å². The van der Waals surface area contributed by atoms with Gasteiger partial charge in [-0.05, 0) is 12.8 Å². The summed E-state index contributed by atoms with van der Waals surface area (Å²) in [4.78, 5) is 22.0. The van der Waals surface area contributed by atoms with Crippen LogP contribution >= 0.6 is 0 Å². The van der Waals surface area contributed by atoms with Crippen LogP contribution in [0.2, 0.25) is 0 Å². The molecule has 1 aliphatic carbocycles. The summed E-state index contributed by atoms with van der Waals surface area (Å²) in [6.45, 7) is 0. The highest BCUT2D eigenvalue weighted by molar-refractivity contribution is 6.17. The van der Waals surface area contributed by atoms with Gasteiger partial charge in [0.2, 0.25) is 12.0 Å². The number of aliphatic imine (C=N–C) groups is 1. The van der Waals surface area contributed by atoms with Gasteiger partial charge in [0.1, 0.15) is 0 Å². The zero-order valence-corrected chi connectivity index (χ0v) is 16.1. The molecule has 0 saturated carbocycles. The number of allylic oxidation sites excluding steroid dienone is 3. The van der Waals surface area contributed by atoms with Gasteiger partial charge in [-0.1, -0.05) is 78.0 Å². The van der Waals surface area contributed by atoms with Crippen molar-refractivity contribution in [1.82, 2.24) is 15.5 Å². The molecule has 0 spiro atoms.